The molecule has 0 radical (unpaired) electrons. The van der Waals surface area contributed by atoms with Gasteiger partial charge in [-0.1, -0.05) is 0 Å². The molecule has 0 aromatic carbocycles. The lowest BCUT2D eigenvalue weighted by Gasteiger charge is -2.28. The number of rotatable bonds is 5. The Morgan fingerprint density at radius 2 is 1.95 bits per heavy atom. The van der Waals surface area contributed by atoms with Crippen LogP contribution >= 0.6 is 0 Å². The van der Waals surface area contributed by atoms with E-state index in [1.807, 2.05) is 0 Å². The molecule has 0 aromatic rings. The van der Waals surface area contributed by atoms with Crippen LogP contribution in [-0.4, -0.2) is 48.1 Å². The van der Waals surface area contributed by atoms with Gasteiger partial charge in [-0.25, -0.2) is 13.6 Å². The fourth-order valence-corrected chi connectivity index (χ4v) is 2.04. The topological polar surface area (TPSA) is 69.6 Å². The SMILES string of the molecule is CN(CCC(=O)O)C(=O)NCC1CCC(F)(F)CC1. The maximum absolute atomic E-state index is 12.9. The molecule has 1 aliphatic rings. The van der Waals surface area contributed by atoms with Gasteiger partial charge in [-0.3, -0.25) is 4.79 Å². The molecule has 2 amide bonds. The molecule has 0 spiro atoms. The van der Waals surface area contributed by atoms with Crippen molar-refractivity contribution in [1.82, 2.24) is 10.2 Å². The van der Waals surface area contributed by atoms with Crippen molar-refractivity contribution in [3.05, 3.63) is 0 Å². The summed E-state index contributed by atoms with van der Waals surface area (Å²) in [6, 6.07) is -0.362. The normalized spacial score (nSPS) is 18.9. The first-order valence-corrected chi connectivity index (χ1v) is 6.39. The third-order valence-corrected chi connectivity index (χ3v) is 3.39. The maximum Gasteiger partial charge on any atom is 0.317 e. The van der Waals surface area contributed by atoms with E-state index in [4.69, 9.17) is 5.11 Å². The third kappa shape index (κ3) is 5.85. The number of carbonyl (C=O) groups excluding carboxylic acids is 1. The zero-order valence-corrected chi connectivity index (χ0v) is 11.0. The van der Waals surface area contributed by atoms with Crippen molar-refractivity contribution >= 4 is 12.0 Å². The highest BCUT2D eigenvalue weighted by Gasteiger charge is 2.34. The minimum atomic E-state index is -2.56. The van der Waals surface area contributed by atoms with Crippen molar-refractivity contribution < 1.29 is 23.5 Å². The van der Waals surface area contributed by atoms with Crippen LogP contribution in [0.4, 0.5) is 13.6 Å². The van der Waals surface area contributed by atoms with Crippen LogP contribution in [0, 0.1) is 5.92 Å². The highest BCUT2D eigenvalue weighted by atomic mass is 19.3. The van der Waals surface area contributed by atoms with Gasteiger partial charge in [0.2, 0.25) is 5.92 Å². The first-order valence-electron chi connectivity index (χ1n) is 6.39. The molecule has 1 aliphatic carbocycles. The number of halogens is 2. The second kappa shape index (κ2) is 6.68. The summed E-state index contributed by atoms with van der Waals surface area (Å²) in [5.74, 6) is -3.44. The standard InChI is InChI=1S/C12H20F2N2O3/c1-16(7-4-10(17)18)11(19)15-8-9-2-5-12(13,14)6-3-9/h9H,2-8H2,1H3,(H,15,19)(H,17,18). The van der Waals surface area contributed by atoms with Gasteiger partial charge < -0.3 is 15.3 Å². The highest BCUT2D eigenvalue weighted by molar-refractivity contribution is 5.74. The number of urea groups is 1. The number of nitrogens with one attached hydrogen (secondary N) is 1. The number of alkyl halides is 2. The van der Waals surface area contributed by atoms with Gasteiger partial charge >= 0.3 is 12.0 Å². The van der Waals surface area contributed by atoms with Crippen LogP contribution in [0.15, 0.2) is 0 Å². The Bertz CT molecular complexity index is 327. The molecule has 0 atom stereocenters. The molecule has 19 heavy (non-hydrogen) atoms. The fraction of sp³-hybridized carbons (Fsp3) is 0.833. The number of carbonyl (C=O) groups is 2. The molecule has 110 valence electrons. The van der Waals surface area contributed by atoms with Crippen LogP contribution in [0.25, 0.3) is 0 Å². The van der Waals surface area contributed by atoms with E-state index >= 15 is 0 Å². The predicted octanol–water partition coefficient (Wildman–Crippen LogP) is 1.93. The van der Waals surface area contributed by atoms with Crippen molar-refractivity contribution in [2.45, 2.75) is 38.0 Å². The van der Waals surface area contributed by atoms with E-state index in [0.717, 1.165) is 0 Å². The van der Waals surface area contributed by atoms with Crippen LogP contribution in [0.1, 0.15) is 32.1 Å². The molecule has 0 saturated heterocycles. The molecule has 1 rings (SSSR count). The van der Waals surface area contributed by atoms with E-state index in [2.05, 4.69) is 5.32 Å². The number of carboxylic acids is 1. The van der Waals surface area contributed by atoms with Gasteiger partial charge in [-0.2, -0.15) is 0 Å². The summed E-state index contributed by atoms with van der Waals surface area (Å²) in [5, 5.41) is 11.1. The van der Waals surface area contributed by atoms with Crippen molar-refractivity contribution in [3.63, 3.8) is 0 Å². The summed E-state index contributed by atoms with van der Waals surface area (Å²) in [6.45, 7) is 0.496. The van der Waals surface area contributed by atoms with Gasteiger partial charge in [0, 0.05) is 33.0 Å². The van der Waals surface area contributed by atoms with Crippen molar-refractivity contribution in [3.8, 4) is 0 Å². The van der Waals surface area contributed by atoms with Crippen LogP contribution in [0.3, 0.4) is 0 Å². The molecule has 0 unspecified atom stereocenters. The van der Waals surface area contributed by atoms with E-state index in [9.17, 15) is 18.4 Å². The van der Waals surface area contributed by atoms with Crippen molar-refractivity contribution in [2.24, 2.45) is 5.92 Å². The number of aliphatic carboxylic acids is 1. The van der Waals surface area contributed by atoms with E-state index in [1.54, 1.807) is 0 Å². The van der Waals surface area contributed by atoms with Crippen LogP contribution in [0.2, 0.25) is 0 Å². The van der Waals surface area contributed by atoms with Gasteiger partial charge in [0.1, 0.15) is 0 Å². The average molecular weight is 278 g/mol. The Kier molecular flexibility index (Phi) is 5.50. The maximum atomic E-state index is 12.9. The van der Waals surface area contributed by atoms with E-state index < -0.39 is 11.9 Å². The van der Waals surface area contributed by atoms with Crippen LogP contribution < -0.4 is 5.32 Å². The van der Waals surface area contributed by atoms with Crippen LogP contribution in [-0.2, 0) is 4.79 Å². The predicted molar refractivity (Wildman–Crippen MR) is 65.2 cm³/mol. The van der Waals surface area contributed by atoms with Gasteiger partial charge in [0.25, 0.3) is 0 Å². The lowest BCUT2D eigenvalue weighted by Crippen LogP contribution is -2.41. The number of hydrogen-bond acceptors (Lipinski definition) is 2. The Morgan fingerprint density at radius 3 is 2.47 bits per heavy atom. The third-order valence-electron chi connectivity index (χ3n) is 3.39. The zero-order chi connectivity index (χ0) is 14.5. The molecular formula is C12H20F2N2O3. The van der Waals surface area contributed by atoms with E-state index in [-0.39, 0.29) is 37.8 Å². The Balaban J connectivity index is 2.21. The summed E-state index contributed by atoms with van der Waals surface area (Å²) < 4.78 is 25.9. The summed E-state index contributed by atoms with van der Waals surface area (Å²) in [4.78, 5) is 23.2. The number of carboxylic acid groups (broad SMARTS) is 1. The second-order valence-electron chi connectivity index (χ2n) is 5.05. The Hall–Kier alpha value is -1.40. The van der Waals surface area contributed by atoms with Crippen molar-refractivity contribution in [2.75, 3.05) is 20.1 Å². The highest BCUT2D eigenvalue weighted by Crippen LogP contribution is 2.35. The average Bonchev–Trinajstić information content (AvgIpc) is 2.34. The molecule has 7 heteroatoms. The largest absolute Gasteiger partial charge is 0.481 e. The second-order valence-corrected chi connectivity index (χ2v) is 5.05. The molecular weight excluding hydrogens is 258 g/mol. The Morgan fingerprint density at radius 1 is 1.37 bits per heavy atom. The summed E-state index contributed by atoms with van der Waals surface area (Å²) >= 11 is 0. The number of hydrogen-bond donors (Lipinski definition) is 2. The fourth-order valence-electron chi connectivity index (χ4n) is 2.04. The lowest BCUT2D eigenvalue weighted by atomic mass is 9.87. The van der Waals surface area contributed by atoms with Gasteiger partial charge in [0.15, 0.2) is 0 Å². The zero-order valence-electron chi connectivity index (χ0n) is 11.0. The molecule has 1 fully saturated rings. The minimum Gasteiger partial charge on any atom is -0.481 e. The first kappa shape index (κ1) is 15.7. The van der Waals surface area contributed by atoms with Crippen molar-refractivity contribution in [1.29, 1.82) is 0 Å². The minimum absolute atomic E-state index is 0.0800. The van der Waals surface area contributed by atoms with Gasteiger partial charge in [-0.05, 0) is 18.8 Å². The molecule has 2 N–H and O–H groups in total. The summed E-state index contributed by atoms with van der Waals surface area (Å²) in [5.41, 5.74) is 0. The van der Waals surface area contributed by atoms with Gasteiger partial charge in [0.05, 0.1) is 6.42 Å². The lowest BCUT2D eigenvalue weighted by molar-refractivity contribution is -0.137. The van der Waals surface area contributed by atoms with Crippen LogP contribution in [0.5, 0.6) is 0 Å². The molecule has 5 nitrogen and oxygen atoms in total. The summed E-state index contributed by atoms with van der Waals surface area (Å²) in [7, 11) is 1.51. The molecule has 0 bridgehead atoms. The Labute approximate surface area is 111 Å². The first-order chi connectivity index (χ1) is 8.80. The number of nitrogens with zero attached hydrogens (tertiary/aromatic N) is 1. The molecule has 1 saturated carbocycles. The quantitative estimate of drug-likeness (QED) is 0.807. The monoisotopic (exact) mass is 278 g/mol. The summed E-state index contributed by atoms with van der Waals surface area (Å²) in [6.07, 6.45) is 0.461. The van der Waals surface area contributed by atoms with Gasteiger partial charge in [-0.15, -0.1) is 0 Å². The smallest absolute Gasteiger partial charge is 0.317 e. The van der Waals surface area contributed by atoms with E-state index in [1.165, 1.54) is 11.9 Å². The molecule has 0 heterocycles. The molecule has 0 aliphatic heterocycles. The number of amides is 2. The van der Waals surface area contributed by atoms with E-state index in [0.29, 0.717) is 19.4 Å². The molecule has 0 aromatic heterocycles.